The largest absolute Gasteiger partial charge is 0.394 e. The van der Waals surface area contributed by atoms with Gasteiger partial charge >= 0.3 is 0 Å². The van der Waals surface area contributed by atoms with Crippen LogP contribution in [0.1, 0.15) is 36.7 Å². The van der Waals surface area contributed by atoms with Crippen molar-refractivity contribution in [2.45, 2.75) is 38.8 Å². The average molecular weight is 271 g/mol. The lowest BCUT2D eigenvalue weighted by Crippen LogP contribution is -2.38. The van der Waals surface area contributed by atoms with E-state index >= 15 is 0 Å². The molecule has 1 aliphatic heterocycles. The van der Waals surface area contributed by atoms with Crippen LogP contribution >= 0.6 is 11.6 Å². The molecule has 1 fully saturated rings. The van der Waals surface area contributed by atoms with Crippen molar-refractivity contribution in [3.8, 4) is 0 Å². The minimum absolute atomic E-state index is 0.0214. The zero-order valence-electron chi connectivity index (χ0n) is 10.6. The Kier molecular flexibility index (Phi) is 4.30. The molecule has 100 valence electrons. The molecule has 1 aromatic rings. The number of halogens is 1. The van der Waals surface area contributed by atoms with Crippen molar-refractivity contribution in [2.24, 2.45) is 0 Å². The van der Waals surface area contributed by atoms with Crippen molar-refractivity contribution in [3.63, 3.8) is 0 Å². The maximum atomic E-state index is 12.5. The number of carbonyl (C=O) groups excluding carboxylic acids is 1. The van der Waals surface area contributed by atoms with Gasteiger partial charge in [0, 0.05) is 19.3 Å². The van der Waals surface area contributed by atoms with E-state index in [-0.39, 0.29) is 18.6 Å². The number of hydrogen-bond donors (Lipinski definition) is 1. The van der Waals surface area contributed by atoms with Crippen molar-refractivity contribution in [1.29, 1.82) is 0 Å². The number of carbonyl (C=O) groups is 1. The van der Waals surface area contributed by atoms with Crippen LogP contribution in [0.15, 0.2) is 12.3 Å². The Bertz CT molecular complexity index is 431. The molecule has 0 bridgehead atoms. The van der Waals surface area contributed by atoms with Crippen molar-refractivity contribution in [3.05, 3.63) is 23.0 Å². The van der Waals surface area contributed by atoms with Crippen molar-refractivity contribution < 1.29 is 9.90 Å². The molecule has 1 aliphatic rings. The molecular formula is C13H19ClN2O2. The van der Waals surface area contributed by atoms with Crippen LogP contribution in [0.5, 0.6) is 0 Å². The Hall–Kier alpha value is -1.00. The lowest BCUT2D eigenvalue weighted by atomic mass is 10.2. The van der Waals surface area contributed by atoms with Crippen molar-refractivity contribution in [2.75, 3.05) is 13.2 Å². The Balaban J connectivity index is 2.22. The molecule has 0 aliphatic carbocycles. The summed E-state index contributed by atoms with van der Waals surface area (Å²) in [5, 5.41) is 9.87. The number of nitrogens with zero attached hydrogens (tertiary/aromatic N) is 2. The molecule has 0 aromatic carbocycles. The van der Waals surface area contributed by atoms with E-state index in [9.17, 15) is 9.90 Å². The molecule has 1 atom stereocenters. The van der Waals surface area contributed by atoms with Gasteiger partial charge in [-0.2, -0.15) is 0 Å². The molecule has 1 amide bonds. The number of aryl methyl sites for hydroxylation is 1. The van der Waals surface area contributed by atoms with E-state index < -0.39 is 0 Å². The number of hydrogen-bond acceptors (Lipinski definition) is 2. The average Bonchev–Trinajstić information content (AvgIpc) is 2.95. The first-order valence-corrected chi connectivity index (χ1v) is 6.82. The highest BCUT2D eigenvalue weighted by Gasteiger charge is 2.30. The maximum Gasteiger partial charge on any atom is 0.270 e. The molecule has 5 heteroatoms. The van der Waals surface area contributed by atoms with Gasteiger partial charge in [0.1, 0.15) is 5.69 Å². The summed E-state index contributed by atoms with van der Waals surface area (Å²) in [6.07, 6.45) is 4.58. The number of rotatable bonds is 4. The fraction of sp³-hybridized carbons (Fsp3) is 0.615. The molecule has 18 heavy (non-hydrogen) atoms. The molecule has 2 heterocycles. The van der Waals surface area contributed by atoms with Gasteiger partial charge in [0.25, 0.3) is 5.91 Å². The summed E-state index contributed by atoms with van der Waals surface area (Å²) in [4.78, 5) is 14.2. The van der Waals surface area contributed by atoms with Gasteiger partial charge in [-0.05, 0) is 25.3 Å². The minimum Gasteiger partial charge on any atom is -0.394 e. The van der Waals surface area contributed by atoms with Crippen molar-refractivity contribution >= 4 is 17.5 Å². The summed E-state index contributed by atoms with van der Waals surface area (Å²) < 4.78 is 1.90. The summed E-state index contributed by atoms with van der Waals surface area (Å²) in [6, 6.07) is 1.67. The third-order valence-electron chi connectivity index (χ3n) is 3.40. The quantitative estimate of drug-likeness (QED) is 0.911. The summed E-state index contributed by atoms with van der Waals surface area (Å²) >= 11 is 5.98. The number of aliphatic hydroxyl groups is 1. The zero-order valence-corrected chi connectivity index (χ0v) is 11.4. The van der Waals surface area contributed by atoms with E-state index in [1.807, 2.05) is 4.57 Å². The molecular weight excluding hydrogens is 252 g/mol. The molecule has 0 unspecified atom stereocenters. The molecule has 1 N–H and O–H groups in total. The van der Waals surface area contributed by atoms with Gasteiger partial charge in [0.15, 0.2) is 0 Å². The Morgan fingerprint density at radius 1 is 1.61 bits per heavy atom. The predicted octanol–water partition coefficient (Wildman–Crippen LogP) is 2.15. The van der Waals surface area contributed by atoms with E-state index in [2.05, 4.69) is 6.92 Å². The van der Waals surface area contributed by atoms with E-state index in [0.29, 0.717) is 10.7 Å². The number of aromatic nitrogens is 1. The van der Waals surface area contributed by atoms with Crippen LogP contribution in [0.3, 0.4) is 0 Å². The summed E-state index contributed by atoms with van der Waals surface area (Å²) in [6.45, 7) is 3.60. The lowest BCUT2D eigenvalue weighted by molar-refractivity contribution is 0.0666. The zero-order chi connectivity index (χ0) is 13.1. The van der Waals surface area contributed by atoms with E-state index in [4.69, 9.17) is 11.6 Å². The van der Waals surface area contributed by atoms with E-state index in [1.54, 1.807) is 17.2 Å². The highest BCUT2D eigenvalue weighted by atomic mass is 35.5. The topological polar surface area (TPSA) is 45.5 Å². The minimum atomic E-state index is -0.0405. The highest BCUT2D eigenvalue weighted by molar-refractivity contribution is 6.31. The molecule has 0 saturated carbocycles. The standard InChI is InChI=1S/C13H19ClN2O2/c1-2-5-15-8-10(14)7-12(15)13(18)16-6-3-4-11(16)9-17/h7-8,11,17H,2-6,9H2,1H3/t11-/m1/s1. The van der Waals surface area contributed by atoms with Gasteiger partial charge < -0.3 is 14.6 Å². The Morgan fingerprint density at radius 2 is 2.39 bits per heavy atom. The van der Waals surface area contributed by atoms with Crippen LogP contribution in [0.4, 0.5) is 0 Å². The van der Waals surface area contributed by atoms with Crippen LogP contribution in [-0.4, -0.2) is 39.7 Å². The van der Waals surface area contributed by atoms with Gasteiger partial charge in [-0.25, -0.2) is 0 Å². The fourth-order valence-corrected chi connectivity index (χ4v) is 2.74. The molecule has 1 aromatic heterocycles. The van der Waals surface area contributed by atoms with Gasteiger partial charge in [-0.15, -0.1) is 0 Å². The smallest absolute Gasteiger partial charge is 0.270 e. The maximum absolute atomic E-state index is 12.5. The van der Waals surface area contributed by atoms with Gasteiger partial charge in [0.2, 0.25) is 0 Å². The second-order valence-electron chi connectivity index (χ2n) is 4.71. The second-order valence-corrected chi connectivity index (χ2v) is 5.15. The Morgan fingerprint density at radius 3 is 3.06 bits per heavy atom. The Labute approximate surface area is 112 Å². The van der Waals surface area contributed by atoms with E-state index in [1.165, 1.54) is 0 Å². The third-order valence-corrected chi connectivity index (χ3v) is 3.60. The normalized spacial score (nSPS) is 19.5. The van der Waals surface area contributed by atoms with Crippen molar-refractivity contribution in [1.82, 2.24) is 9.47 Å². The third kappa shape index (κ3) is 2.54. The van der Waals surface area contributed by atoms with Crippen LogP contribution in [0, 0.1) is 0 Å². The summed E-state index contributed by atoms with van der Waals surface area (Å²) in [5.41, 5.74) is 0.627. The van der Waals surface area contributed by atoms with Crippen LogP contribution in [0.25, 0.3) is 0 Å². The van der Waals surface area contributed by atoms with E-state index in [0.717, 1.165) is 32.4 Å². The summed E-state index contributed by atoms with van der Waals surface area (Å²) in [7, 11) is 0. The lowest BCUT2D eigenvalue weighted by Gasteiger charge is -2.23. The first kappa shape index (κ1) is 13.4. The van der Waals surface area contributed by atoms with Gasteiger partial charge in [0.05, 0.1) is 17.7 Å². The predicted molar refractivity (Wildman–Crippen MR) is 70.9 cm³/mol. The molecule has 4 nitrogen and oxygen atoms in total. The molecule has 0 spiro atoms. The highest BCUT2D eigenvalue weighted by Crippen LogP contribution is 2.22. The molecule has 1 saturated heterocycles. The second kappa shape index (κ2) is 5.76. The van der Waals surface area contributed by atoms with Crippen LogP contribution < -0.4 is 0 Å². The molecule has 0 radical (unpaired) electrons. The SMILES string of the molecule is CCCn1cc(Cl)cc1C(=O)N1CCC[C@@H]1CO. The molecule has 2 rings (SSSR count). The number of amides is 1. The van der Waals surface area contributed by atoms with Gasteiger partial charge in [-0.3, -0.25) is 4.79 Å². The van der Waals surface area contributed by atoms with Gasteiger partial charge in [-0.1, -0.05) is 18.5 Å². The number of aliphatic hydroxyl groups excluding tert-OH is 1. The first-order chi connectivity index (χ1) is 8.67. The fourth-order valence-electron chi connectivity index (χ4n) is 2.52. The number of likely N-dealkylation sites (tertiary alicyclic amines) is 1. The first-order valence-electron chi connectivity index (χ1n) is 6.45. The summed E-state index contributed by atoms with van der Waals surface area (Å²) in [5.74, 6) is -0.0214. The monoisotopic (exact) mass is 270 g/mol. The van der Waals surface area contributed by atoms with Crippen LogP contribution in [-0.2, 0) is 6.54 Å². The van der Waals surface area contributed by atoms with Crippen LogP contribution in [0.2, 0.25) is 5.02 Å².